The molecule has 1 unspecified atom stereocenters. The van der Waals surface area contributed by atoms with Crippen molar-refractivity contribution >= 4 is 40.8 Å². The average molecular weight is 480 g/mol. The molecule has 0 saturated heterocycles. The van der Waals surface area contributed by atoms with Crippen molar-refractivity contribution in [1.29, 1.82) is 0 Å². The topological polar surface area (TPSA) is 97.3 Å². The summed E-state index contributed by atoms with van der Waals surface area (Å²) in [4.78, 5) is 43.8. The summed E-state index contributed by atoms with van der Waals surface area (Å²) in [6, 6.07) is 11.7. The highest BCUT2D eigenvalue weighted by Gasteiger charge is 2.29. The number of hydrogen-bond acceptors (Lipinski definition) is 5. The molecular formula is C27H33N3O5. The van der Waals surface area contributed by atoms with Crippen LogP contribution in [0.2, 0.25) is 0 Å². The minimum absolute atomic E-state index is 0.0416. The molecular weight excluding hydrogens is 446 g/mol. The molecule has 1 N–H and O–H groups in total. The van der Waals surface area contributed by atoms with Crippen molar-refractivity contribution in [3.63, 3.8) is 0 Å². The predicted octanol–water partition coefficient (Wildman–Crippen LogP) is 5.41. The standard InChI is InChI=1S/C27H33N3O5/c1-26(2,3)34-24(32)28-23(29-25(33)35-27(4,5)6)30(7)16-19-15-14-18-13-12-17-10-8-9-11-20(17)21(18)22(19)31/h8-15,19H,16H2,1-7H3,(H,28,29,32,33). The monoisotopic (exact) mass is 479 g/mol. The van der Waals surface area contributed by atoms with E-state index in [1.807, 2.05) is 48.6 Å². The van der Waals surface area contributed by atoms with Crippen molar-refractivity contribution in [3.8, 4) is 0 Å². The van der Waals surface area contributed by atoms with E-state index in [9.17, 15) is 14.4 Å². The van der Waals surface area contributed by atoms with Gasteiger partial charge in [0.05, 0.1) is 5.92 Å². The molecule has 0 spiro atoms. The van der Waals surface area contributed by atoms with E-state index in [1.54, 1.807) is 48.6 Å². The maximum atomic E-state index is 13.5. The lowest BCUT2D eigenvalue weighted by Crippen LogP contribution is -2.47. The van der Waals surface area contributed by atoms with E-state index in [2.05, 4.69) is 10.3 Å². The van der Waals surface area contributed by atoms with E-state index >= 15 is 0 Å². The molecule has 2 amide bonds. The summed E-state index contributed by atoms with van der Waals surface area (Å²) in [6.07, 6.45) is 2.12. The summed E-state index contributed by atoms with van der Waals surface area (Å²) in [7, 11) is 1.64. The summed E-state index contributed by atoms with van der Waals surface area (Å²) >= 11 is 0. The van der Waals surface area contributed by atoms with E-state index in [4.69, 9.17) is 9.47 Å². The number of amides is 2. The summed E-state index contributed by atoms with van der Waals surface area (Å²) in [5.74, 6) is -0.624. The third-order valence-electron chi connectivity index (χ3n) is 5.09. The van der Waals surface area contributed by atoms with Crippen LogP contribution in [0.15, 0.2) is 47.5 Å². The predicted molar refractivity (Wildman–Crippen MR) is 136 cm³/mol. The van der Waals surface area contributed by atoms with Gasteiger partial charge in [0, 0.05) is 19.2 Å². The highest BCUT2D eigenvalue weighted by atomic mass is 16.6. The lowest BCUT2D eigenvalue weighted by atomic mass is 9.85. The van der Waals surface area contributed by atoms with Crippen LogP contribution in [0.3, 0.4) is 0 Å². The average Bonchev–Trinajstić information content (AvgIpc) is 2.72. The second-order valence-electron chi connectivity index (χ2n) is 10.5. The lowest BCUT2D eigenvalue weighted by Gasteiger charge is -2.28. The van der Waals surface area contributed by atoms with E-state index < -0.39 is 29.3 Å². The number of alkyl carbamates (subject to hydrolysis) is 1. The molecule has 186 valence electrons. The molecule has 0 aliphatic heterocycles. The molecule has 2 aromatic carbocycles. The molecule has 0 radical (unpaired) electrons. The third kappa shape index (κ3) is 6.91. The number of guanidine groups is 1. The van der Waals surface area contributed by atoms with Gasteiger partial charge in [-0.25, -0.2) is 9.59 Å². The lowest BCUT2D eigenvalue weighted by molar-refractivity contribution is 0.0555. The minimum atomic E-state index is -0.864. The molecule has 0 heterocycles. The van der Waals surface area contributed by atoms with Crippen molar-refractivity contribution in [2.24, 2.45) is 10.9 Å². The van der Waals surface area contributed by atoms with Gasteiger partial charge < -0.3 is 14.4 Å². The molecule has 0 bridgehead atoms. The van der Waals surface area contributed by atoms with Gasteiger partial charge in [-0.15, -0.1) is 4.99 Å². The fraction of sp³-hybridized carbons (Fsp3) is 0.407. The van der Waals surface area contributed by atoms with Gasteiger partial charge in [0.25, 0.3) is 0 Å². The Labute approximate surface area is 206 Å². The number of fused-ring (bicyclic) bond motifs is 3. The van der Waals surface area contributed by atoms with Crippen LogP contribution in [-0.4, -0.2) is 53.6 Å². The van der Waals surface area contributed by atoms with Crippen LogP contribution in [0.5, 0.6) is 0 Å². The first-order chi connectivity index (χ1) is 16.2. The Hall–Kier alpha value is -3.68. The summed E-state index contributed by atoms with van der Waals surface area (Å²) in [5, 5.41) is 4.40. The Balaban J connectivity index is 1.86. The van der Waals surface area contributed by atoms with Crippen molar-refractivity contribution in [3.05, 3.63) is 53.6 Å². The summed E-state index contributed by atoms with van der Waals surface area (Å²) < 4.78 is 10.6. The van der Waals surface area contributed by atoms with Crippen LogP contribution in [0.25, 0.3) is 16.8 Å². The number of rotatable bonds is 2. The van der Waals surface area contributed by atoms with E-state index in [1.165, 1.54) is 4.90 Å². The zero-order valence-electron chi connectivity index (χ0n) is 21.3. The van der Waals surface area contributed by atoms with E-state index in [0.717, 1.165) is 16.3 Å². The molecule has 0 aromatic heterocycles. The number of aliphatic imine (C=N–C) groups is 1. The van der Waals surface area contributed by atoms with Crippen molar-refractivity contribution in [2.75, 3.05) is 13.6 Å². The zero-order valence-corrected chi connectivity index (χ0v) is 21.3. The van der Waals surface area contributed by atoms with Crippen LogP contribution < -0.4 is 5.32 Å². The van der Waals surface area contributed by atoms with E-state index in [-0.39, 0.29) is 18.3 Å². The largest absolute Gasteiger partial charge is 0.444 e. The zero-order chi connectivity index (χ0) is 26.0. The first-order valence-electron chi connectivity index (χ1n) is 11.5. The van der Waals surface area contributed by atoms with Crippen LogP contribution in [0, 0.1) is 5.92 Å². The molecule has 35 heavy (non-hydrogen) atoms. The smallest absolute Gasteiger partial charge is 0.437 e. The van der Waals surface area contributed by atoms with Crippen LogP contribution in [-0.2, 0) is 9.47 Å². The Morgan fingerprint density at radius 3 is 2.31 bits per heavy atom. The van der Waals surface area contributed by atoms with Gasteiger partial charge in [0.15, 0.2) is 5.78 Å². The van der Waals surface area contributed by atoms with E-state index in [0.29, 0.717) is 5.56 Å². The van der Waals surface area contributed by atoms with Crippen LogP contribution in [0.4, 0.5) is 9.59 Å². The molecule has 1 aliphatic rings. The maximum absolute atomic E-state index is 13.5. The highest BCUT2D eigenvalue weighted by Crippen LogP contribution is 2.30. The van der Waals surface area contributed by atoms with Gasteiger partial charge in [-0.2, -0.15) is 0 Å². The number of Topliss-reactive ketones (excluding diaryl/α,β-unsaturated/α-hetero) is 1. The van der Waals surface area contributed by atoms with Crippen LogP contribution in [0.1, 0.15) is 57.5 Å². The fourth-order valence-corrected chi connectivity index (χ4v) is 3.70. The number of ketones is 1. The number of hydrogen-bond donors (Lipinski definition) is 1. The van der Waals surface area contributed by atoms with Gasteiger partial charge >= 0.3 is 12.2 Å². The summed E-state index contributed by atoms with van der Waals surface area (Å²) in [6.45, 7) is 10.5. The Bertz CT molecular complexity index is 1200. The molecule has 0 saturated carbocycles. The molecule has 3 rings (SSSR count). The number of carbonyl (C=O) groups excluding carboxylic acids is 3. The normalized spacial score (nSPS) is 16.0. The van der Waals surface area contributed by atoms with Crippen molar-refractivity contribution in [1.82, 2.24) is 10.2 Å². The maximum Gasteiger partial charge on any atom is 0.437 e. The van der Waals surface area contributed by atoms with Crippen molar-refractivity contribution in [2.45, 2.75) is 52.7 Å². The van der Waals surface area contributed by atoms with Gasteiger partial charge in [-0.1, -0.05) is 48.6 Å². The number of benzene rings is 2. The second kappa shape index (κ2) is 9.90. The number of nitrogens with one attached hydrogen (secondary N) is 1. The number of carbonyl (C=O) groups is 3. The molecule has 8 heteroatoms. The first-order valence-corrected chi connectivity index (χ1v) is 11.5. The Morgan fingerprint density at radius 1 is 1.00 bits per heavy atom. The molecule has 1 aliphatic carbocycles. The molecule has 0 fully saturated rings. The quantitative estimate of drug-likeness (QED) is 0.457. The third-order valence-corrected chi connectivity index (χ3v) is 5.09. The Morgan fingerprint density at radius 2 is 1.66 bits per heavy atom. The number of nitrogens with zero attached hydrogens (tertiary/aromatic N) is 2. The molecule has 8 nitrogen and oxygen atoms in total. The Kier molecular flexibility index (Phi) is 7.33. The minimum Gasteiger partial charge on any atom is -0.444 e. The fourth-order valence-electron chi connectivity index (χ4n) is 3.70. The van der Waals surface area contributed by atoms with Crippen LogP contribution >= 0.6 is 0 Å². The van der Waals surface area contributed by atoms with Gasteiger partial charge in [0.2, 0.25) is 5.96 Å². The highest BCUT2D eigenvalue weighted by molar-refractivity contribution is 6.14. The first kappa shape index (κ1) is 25.9. The van der Waals surface area contributed by atoms with Gasteiger partial charge in [-0.05, 0) is 57.9 Å². The van der Waals surface area contributed by atoms with Gasteiger partial charge in [0.1, 0.15) is 11.2 Å². The van der Waals surface area contributed by atoms with Crippen molar-refractivity contribution < 1.29 is 23.9 Å². The SMILES string of the molecule is CN(CC1C=Cc2ccc3ccccc3c2C1=O)C(=NC(=O)OC(C)(C)C)NC(=O)OC(C)(C)C. The summed E-state index contributed by atoms with van der Waals surface area (Å²) in [5.41, 5.74) is 0.0205. The second-order valence-corrected chi connectivity index (χ2v) is 10.5. The molecule has 2 aromatic rings. The number of ether oxygens (including phenoxy) is 2. The van der Waals surface area contributed by atoms with Gasteiger partial charge in [-0.3, -0.25) is 10.1 Å². The molecule has 1 atom stereocenters.